The average Bonchev–Trinajstić information content (AvgIpc) is 2.71. The standard InChI is InChI=1S/C12H15NO4/c14-8-6-13-10(12(16)17)9(8)11(15)7-4-2-1-3-5-7/h1-5,8-11,13-15H,6H2,(H,16,17). The van der Waals surface area contributed by atoms with Crippen LogP contribution in [0.1, 0.15) is 11.7 Å². The summed E-state index contributed by atoms with van der Waals surface area (Å²) < 4.78 is 0. The Morgan fingerprint density at radius 3 is 2.59 bits per heavy atom. The summed E-state index contributed by atoms with van der Waals surface area (Å²) in [5, 5.41) is 31.6. The Morgan fingerprint density at radius 2 is 2.00 bits per heavy atom. The van der Waals surface area contributed by atoms with Crippen molar-refractivity contribution >= 4 is 5.97 Å². The monoisotopic (exact) mass is 237 g/mol. The summed E-state index contributed by atoms with van der Waals surface area (Å²) >= 11 is 0. The number of aliphatic hydroxyl groups excluding tert-OH is 2. The van der Waals surface area contributed by atoms with Gasteiger partial charge in [0.05, 0.1) is 12.2 Å². The highest BCUT2D eigenvalue weighted by molar-refractivity contribution is 5.74. The number of aliphatic carboxylic acids is 1. The van der Waals surface area contributed by atoms with E-state index in [1.165, 1.54) is 0 Å². The van der Waals surface area contributed by atoms with Crippen LogP contribution in [-0.2, 0) is 4.79 Å². The van der Waals surface area contributed by atoms with Crippen LogP contribution in [0.3, 0.4) is 0 Å². The highest BCUT2D eigenvalue weighted by atomic mass is 16.4. The summed E-state index contributed by atoms with van der Waals surface area (Å²) in [6, 6.07) is 7.86. The molecule has 1 aliphatic heterocycles. The Kier molecular flexibility index (Phi) is 3.42. The minimum absolute atomic E-state index is 0.186. The van der Waals surface area contributed by atoms with Gasteiger partial charge in [-0.25, -0.2) is 0 Å². The maximum atomic E-state index is 11.0. The summed E-state index contributed by atoms with van der Waals surface area (Å²) in [6.45, 7) is 0.186. The molecule has 1 saturated heterocycles. The molecule has 0 aliphatic carbocycles. The van der Waals surface area contributed by atoms with Gasteiger partial charge >= 0.3 is 5.97 Å². The molecule has 1 heterocycles. The molecule has 1 fully saturated rings. The number of carboxylic acid groups (broad SMARTS) is 1. The van der Waals surface area contributed by atoms with E-state index in [0.717, 1.165) is 0 Å². The van der Waals surface area contributed by atoms with E-state index in [4.69, 9.17) is 5.11 Å². The van der Waals surface area contributed by atoms with Crippen molar-refractivity contribution in [2.45, 2.75) is 18.2 Å². The number of β-amino-alcohol motifs (C(OH)–C–C–N with tert-alkyl or cyclic N) is 1. The van der Waals surface area contributed by atoms with Gasteiger partial charge in [-0.15, -0.1) is 0 Å². The molecular weight excluding hydrogens is 222 g/mol. The smallest absolute Gasteiger partial charge is 0.321 e. The van der Waals surface area contributed by atoms with Crippen LogP contribution in [0.15, 0.2) is 30.3 Å². The molecule has 4 N–H and O–H groups in total. The SMILES string of the molecule is O=C(O)C1NCC(O)C1C(O)c1ccccc1. The minimum Gasteiger partial charge on any atom is -0.480 e. The van der Waals surface area contributed by atoms with E-state index in [1.54, 1.807) is 24.3 Å². The lowest BCUT2D eigenvalue weighted by Crippen LogP contribution is -2.39. The first-order chi connectivity index (χ1) is 8.11. The average molecular weight is 237 g/mol. The van der Waals surface area contributed by atoms with Gasteiger partial charge in [0, 0.05) is 12.5 Å². The predicted octanol–water partition coefficient (Wildman–Crippen LogP) is -0.246. The fourth-order valence-corrected chi connectivity index (χ4v) is 2.26. The van der Waals surface area contributed by atoms with Gasteiger partial charge in [-0.3, -0.25) is 4.79 Å². The second-order valence-corrected chi connectivity index (χ2v) is 4.22. The third-order valence-electron chi connectivity index (χ3n) is 3.15. The van der Waals surface area contributed by atoms with Crippen LogP contribution < -0.4 is 5.32 Å². The minimum atomic E-state index is -1.05. The third-order valence-corrected chi connectivity index (χ3v) is 3.15. The predicted molar refractivity (Wildman–Crippen MR) is 60.3 cm³/mol. The summed E-state index contributed by atoms with van der Waals surface area (Å²) in [4.78, 5) is 11.0. The number of carbonyl (C=O) groups is 1. The van der Waals surface area contributed by atoms with Gasteiger partial charge in [-0.2, -0.15) is 0 Å². The number of carboxylic acids is 1. The molecule has 5 nitrogen and oxygen atoms in total. The molecule has 0 radical (unpaired) electrons. The van der Waals surface area contributed by atoms with Gasteiger partial charge in [0.2, 0.25) is 0 Å². The summed E-state index contributed by atoms with van der Waals surface area (Å²) in [7, 11) is 0. The molecule has 5 heteroatoms. The molecule has 1 aliphatic rings. The van der Waals surface area contributed by atoms with Gasteiger partial charge in [-0.05, 0) is 5.56 Å². The number of rotatable bonds is 3. The number of benzene rings is 1. The molecule has 2 rings (SSSR count). The van der Waals surface area contributed by atoms with Crippen molar-refractivity contribution < 1.29 is 20.1 Å². The maximum Gasteiger partial charge on any atom is 0.321 e. The molecule has 0 amide bonds. The lowest BCUT2D eigenvalue weighted by Gasteiger charge is -2.24. The molecule has 4 unspecified atom stereocenters. The first-order valence-corrected chi connectivity index (χ1v) is 5.48. The van der Waals surface area contributed by atoms with Crippen LogP contribution in [0.5, 0.6) is 0 Å². The van der Waals surface area contributed by atoms with Crippen molar-refractivity contribution in [1.82, 2.24) is 5.32 Å². The van der Waals surface area contributed by atoms with E-state index in [2.05, 4.69) is 5.32 Å². The van der Waals surface area contributed by atoms with Crippen LogP contribution in [0.2, 0.25) is 0 Å². The fourth-order valence-electron chi connectivity index (χ4n) is 2.26. The van der Waals surface area contributed by atoms with Crippen molar-refractivity contribution in [1.29, 1.82) is 0 Å². The van der Waals surface area contributed by atoms with Crippen LogP contribution >= 0.6 is 0 Å². The topological polar surface area (TPSA) is 89.8 Å². The van der Waals surface area contributed by atoms with Gasteiger partial charge in [0.15, 0.2) is 0 Å². The summed E-state index contributed by atoms with van der Waals surface area (Å²) in [5.41, 5.74) is 0.617. The molecule has 4 atom stereocenters. The van der Waals surface area contributed by atoms with Crippen LogP contribution in [0.25, 0.3) is 0 Å². The van der Waals surface area contributed by atoms with Crippen molar-refractivity contribution in [3.63, 3.8) is 0 Å². The van der Waals surface area contributed by atoms with E-state index in [-0.39, 0.29) is 6.54 Å². The van der Waals surface area contributed by atoms with Crippen LogP contribution in [0, 0.1) is 5.92 Å². The Bertz CT molecular complexity index is 395. The zero-order chi connectivity index (χ0) is 12.4. The lowest BCUT2D eigenvalue weighted by molar-refractivity contribution is -0.142. The number of hydrogen-bond donors (Lipinski definition) is 4. The summed E-state index contributed by atoms with van der Waals surface area (Å²) in [5.74, 6) is -1.78. The van der Waals surface area contributed by atoms with E-state index in [0.29, 0.717) is 5.56 Å². The normalized spacial score (nSPS) is 30.1. The maximum absolute atomic E-state index is 11.0. The van der Waals surface area contributed by atoms with Crippen molar-refractivity contribution in [2.75, 3.05) is 6.54 Å². The number of hydrogen-bond acceptors (Lipinski definition) is 4. The number of nitrogens with one attached hydrogen (secondary N) is 1. The van der Waals surface area contributed by atoms with Crippen molar-refractivity contribution in [2.24, 2.45) is 5.92 Å². The van der Waals surface area contributed by atoms with Gasteiger partial charge in [0.25, 0.3) is 0 Å². The molecule has 17 heavy (non-hydrogen) atoms. The highest BCUT2D eigenvalue weighted by Gasteiger charge is 2.43. The van der Waals surface area contributed by atoms with Crippen LogP contribution in [0.4, 0.5) is 0 Å². The Hall–Kier alpha value is -1.43. The second kappa shape index (κ2) is 4.83. The molecule has 1 aromatic rings. The lowest BCUT2D eigenvalue weighted by atomic mass is 9.88. The zero-order valence-corrected chi connectivity index (χ0v) is 9.15. The Balaban J connectivity index is 2.23. The highest BCUT2D eigenvalue weighted by Crippen LogP contribution is 2.30. The van der Waals surface area contributed by atoms with Crippen LogP contribution in [-0.4, -0.2) is 40.0 Å². The summed E-state index contributed by atoms with van der Waals surface area (Å²) in [6.07, 6.45) is -1.84. The van der Waals surface area contributed by atoms with E-state index in [9.17, 15) is 15.0 Å². The number of aliphatic hydroxyl groups is 2. The third kappa shape index (κ3) is 2.31. The largest absolute Gasteiger partial charge is 0.480 e. The van der Waals surface area contributed by atoms with E-state index < -0.39 is 30.1 Å². The molecule has 0 spiro atoms. The zero-order valence-electron chi connectivity index (χ0n) is 9.15. The fraction of sp³-hybridized carbons (Fsp3) is 0.417. The van der Waals surface area contributed by atoms with E-state index in [1.807, 2.05) is 6.07 Å². The quantitative estimate of drug-likeness (QED) is 0.582. The first kappa shape index (κ1) is 12.0. The molecule has 0 saturated carbocycles. The Morgan fingerprint density at radius 1 is 1.35 bits per heavy atom. The van der Waals surface area contributed by atoms with Crippen molar-refractivity contribution in [3.8, 4) is 0 Å². The molecule has 1 aromatic carbocycles. The van der Waals surface area contributed by atoms with E-state index >= 15 is 0 Å². The first-order valence-electron chi connectivity index (χ1n) is 5.48. The molecule has 92 valence electrons. The molecule has 0 bridgehead atoms. The van der Waals surface area contributed by atoms with Crippen molar-refractivity contribution in [3.05, 3.63) is 35.9 Å². The van der Waals surface area contributed by atoms with Gasteiger partial charge < -0.3 is 20.6 Å². The van der Waals surface area contributed by atoms with Gasteiger partial charge in [-0.1, -0.05) is 30.3 Å². The second-order valence-electron chi connectivity index (χ2n) is 4.22. The Labute approximate surface area is 98.7 Å². The molecular formula is C12H15NO4. The van der Waals surface area contributed by atoms with Gasteiger partial charge in [0.1, 0.15) is 6.04 Å². The molecule has 0 aromatic heterocycles.